The van der Waals surface area contributed by atoms with E-state index in [1.807, 2.05) is 0 Å². The number of benzene rings is 1. The van der Waals surface area contributed by atoms with Gasteiger partial charge < -0.3 is 19.1 Å². The third-order valence-corrected chi connectivity index (χ3v) is 1.94. The number of aryl methyl sites for hydroxylation is 1. The van der Waals surface area contributed by atoms with Crippen LogP contribution in [0.4, 0.5) is 0 Å². The van der Waals surface area contributed by atoms with Crippen molar-refractivity contribution in [1.82, 2.24) is 4.98 Å². The summed E-state index contributed by atoms with van der Waals surface area (Å²) < 4.78 is 9.46. The van der Waals surface area contributed by atoms with Gasteiger partial charge in [-0.05, 0) is 18.6 Å². The van der Waals surface area contributed by atoms with Crippen molar-refractivity contribution in [3.63, 3.8) is 0 Å². The quantitative estimate of drug-likeness (QED) is 0.594. The van der Waals surface area contributed by atoms with E-state index in [2.05, 4.69) is 9.64 Å². The van der Waals surface area contributed by atoms with E-state index in [1.165, 1.54) is 6.07 Å². The molecule has 0 atom stereocenters. The molecular formula is C8H8BNO5. The van der Waals surface area contributed by atoms with Gasteiger partial charge in [-0.3, -0.25) is 4.98 Å². The van der Waals surface area contributed by atoms with Gasteiger partial charge in [0.15, 0.2) is 5.58 Å². The van der Waals surface area contributed by atoms with Crippen LogP contribution in [0.25, 0.3) is 11.1 Å². The number of oxazole rings is 1. The first-order valence-corrected chi connectivity index (χ1v) is 4.22. The molecule has 0 fully saturated rings. The first kappa shape index (κ1) is 9.82. The van der Waals surface area contributed by atoms with Gasteiger partial charge in [0.1, 0.15) is 5.75 Å². The molecule has 15 heavy (non-hydrogen) atoms. The molecule has 7 heteroatoms. The molecule has 6 nitrogen and oxygen atoms in total. The van der Waals surface area contributed by atoms with Gasteiger partial charge in [-0.25, -0.2) is 4.79 Å². The van der Waals surface area contributed by atoms with Gasteiger partial charge in [-0.2, -0.15) is 0 Å². The molecule has 0 amide bonds. The summed E-state index contributed by atoms with van der Waals surface area (Å²) in [6, 6.07) is 2.97. The average Bonchev–Trinajstić information content (AvgIpc) is 2.44. The topological polar surface area (TPSA) is 95.7 Å². The highest BCUT2D eigenvalue weighted by molar-refractivity contribution is 6.33. The lowest BCUT2D eigenvalue weighted by atomic mass is 10.2. The Morgan fingerprint density at radius 3 is 2.87 bits per heavy atom. The van der Waals surface area contributed by atoms with Gasteiger partial charge in [0.05, 0.1) is 5.52 Å². The van der Waals surface area contributed by atoms with E-state index >= 15 is 0 Å². The first-order chi connectivity index (χ1) is 7.06. The molecule has 0 radical (unpaired) electrons. The number of fused-ring (bicyclic) bond motifs is 1. The smallest absolute Gasteiger partial charge is 0.512 e. The summed E-state index contributed by atoms with van der Waals surface area (Å²) in [5.74, 6) is -0.340. The van der Waals surface area contributed by atoms with Crippen molar-refractivity contribution in [2.24, 2.45) is 0 Å². The maximum Gasteiger partial charge on any atom is 0.707 e. The fraction of sp³-hybridized carbons (Fsp3) is 0.125. The molecule has 0 aliphatic heterocycles. The second-order valence-corrected chi connectivity index (χ2v) is 3.07. The fourth-order valence-corrected chi connectivity index (χ4v) is 1.38. The maximum absolute atomic E-state index is 10.9. The lowest BCUT2D eigenvalue weighted by molar-refractivity contribution is 0.288. The van der Waals surface area contributed by atoms with E-state index in [4.69, 9.17) is 14.5 Å². The van der Waals surface area contributed by atoms with E-state index in [1.54, 1.807) is 13.0 Å². The minimum Gasteiger partial charge on any atom is -0.512 e. The number of nitrogens with one attached hydrogen (secondary N) is 1. The molecule has 0 bridgehead atoms. The molecule has 1 aromatic carbocycles. The first-order valence-electron chi connectivity index (χ1n) is 4.22. The van der Waals surface area contributed by atoms with Crippen molar-refractivity contribution in [3.8, 4) is 5.75 Å². The minimum atomic E-state index is -1.90. The standard InChI is InChI=1S/C8H8BNO5/c1-4-2-5(15-9(12)13)3-6-7(4)10-8(11)14-6/h2-3,12-13H,1H3,(H,10,11). The zero-order valence-corrected chi connectivity index (χ0v) is 7.85. The summed E-state index contributed by atoms with van der Waals surface area (Å²) in [5, 5.41) is 17.2. The normalized spacial score (nSPS) is 10.6. The Labute approximate surface area is 84.3 Å². The zero-order chi connectivity index (χ0) is 11.0. The molecule has 0 spiro atoms. The lowest BCUT2D eigenvalue weighted by Crippen LogP contribution is -2.20. The summed E-state index contributed by atoms with van der Waals surface area (Å²) in [7, 11) is -1.90. The van der Waals surface area contributed by atoms with Gasteiger partial charge >= 0.3 is 13.1 Å². The Balaban J connectivity index is 2.56. The van der Waals surface area contributed by atoms with Crippen LogP contribution in [-0.4, -0.2) is 22.4 Å². The molecule has 0 saturated carbocycles. The number of aromatic amines is 1. The van der Waals surface area contributed by atoms with E-state index in [0.717, 1.165) is 0 Å². The van der Waals surface area contributed by atoms with Crippen molar-refractivity contribution >= 4 is 18.4 Å². The van der Waals surface area contributed by atoms with Crippen LogP contribution < -0.4 is 10.4 Å². The molecule has 0 aliphatic carbocycles. The molecule has 1 aromatic heterocycles. The third kappa shape index (κ3) is 1.88. The molecule has 2 rings (SSSR count). The predicted molar refractivity (Wildman–Crippen MR) is 52.4 cm³/mol. The Hall–Kier alpha value is -1.73. The summed E-state index contributed by atoms with van der Waals surface area (Å²) >= 11 is 0. The summed E-state index contributed by atoms with van der Waals surface area (Å²) in [4.78, 5) is 13.4. The molecule has 78 valence electrons. The number of H-pyrrole nitrogens is 1. The van der Waals surface area contributed by atoms with Crippen LogP contribution in [-0.2, 0) is 0 Å². The van der Waals surface area contributed by atoms with Crippen molar-refractivity contribution in [2.75, 3.05) is 0 Å². The van der Waals surface area contributed by atoms with Crippen molar-refractivity contribution in [1.29, 1.82) is 0 Å². The van der Waals surface area contributed by atoms with E-state index in [-0.39, 0.29) is 5.75 Å². The Bertz CT molecular complexity index is 543. The van der Waals surface area contributed by atoms with Crippen LogP contribution in [0.5, 0.6) is 5.75 Å². The summed E-state index contributed by atoms with van der Waals surface area (Å²) in [6.07, 6.45) is 0. The zero-order valence-electron chi connectivity index (χ0n) is 7.85. The highest BCUT2D eigenvalue weighted by Gasteiger charge is 2.13. The maximum atomic E-state index is 10.9. The Morgan fingerprint density at radius 1 is 1.47 bits per heavy atom. The van der Waals surface area contributed by atoms with Gasteiger partial charge in [0, 0.05) is 6.07 Å². The Kier molecular flexibility index (Phi) is 2.26. The highest BCUT2D eigenvalue weighted by atomic mass is 16.6. The SMILES string of the molecule is Cc1cc(OB(O)O)cc2oc(=O)[nH]c12. The van der Waals surface area contributed by atoms with Gasteiger partial charge in [0.2, 0.25) is 0 Å². The number of aromatic nitrogens is 1. The van der Waals surface area contributed by atoms with Crippen LogP contribution in [0, 0.1) is 6.92 Å². The molecule has 0 saturated heterocycles. The van der Waals surface area contributed by atoms with E-state index in [9.17, 15) is 4.79 Å². The average molecular weight is 209 g/mol. The number of hydrogen-bond donors (Lipinski definition) is 3. The third-order valence-electron chi connectivity index (χ3n) is 1.94. The number of rotatable bonds is 2. The minimum absolute atomic E-state index is 0.220. The van der Waals surface area contributed by atoms with Crippen LogP contribution in [0.3, 0.4) is 0 Å². The van der Waals surface area contributed by atoms with Crippen LogP contribution >= 0.6 is 0 Å². The second kappa shape index (κ2) is 3.45. The number of hydrogen-bond acceptors (Lipinski definition) is 5. The van der Waals surface area contributed by atoms with Gasteiger partial charge in [-0.1, -0.05) is 0 Å². The van der Waals surface area contributed by atoms with Gasteiger partial charge in [-0.15, -0.1) is 0 Å². The predicted octanol–water partition coefficient (Wildman–Crippen LogP) is -0.222. The highest BCUT2D eigenvalue weighted by Crippen LogP contribution is 2.22. The van der Waals surface area contributed by atoms with Crippen LogP contribution in [0.15, 0.2) is 21.3 Å². The van der Waals surface area contributed by atoms with Crippen LogP contribution in [0.1, 0.15) is 5.56 Å². The largest absolute Gasteiger partial charge is 0.707 e. The molecule has 0 unspecified atom stereocenters. The van der Waals surface area contributed by atoms with Gasteiger partial charge in [0.25, 0.3) is 0 Å². The molecule has 2 aromatic rings. The molecule has 0 aliphatic rings. The summed E-state index contributed by atoms with van der Waals surface area (Å²) in [6.45, 7) is 1.74. The van der Waals surface area contributed by atoms with E-state index in [0.29, 0.717) is 16.7 Å². The Morgan fingerprint density at radius 2 is 2.20 bits per heavy atom. The molecular weight excluding hydrogens is 201 g/mol. The van der Waals surface area contributed by atoms with E-state index < -0.39 is 13.1 Å². The summed E-state index contributed by atoms with van der Waals surface area (Å²) in [5.41, 5.74) is 1.60. The molecule has 3 N–H and O–H groups in total. The monoisotopic (exact) mass is 209 g/mol. The van der Waals surface area contributed by atoms with Crippen molar-refractivity contribution in [2.45, 2.75) is 6.92 Å². The lowest BCUT2D eigenvalue weighted by Gasteiger charge is -2.04. The van der Waals surface area contributed by atoms with Crippen LogP contribution in [0.2, 0.25) is 0 Å². The van der Waals surface area contributed by atoms with Crippen molar-refractivity contribution < 1.29 is 19.1 Å². The fourth-order valence-electron chi connectivity index (χ4n) is 1.38. The second-order valence-electron chi connectivity index (χ2n) is 3.07. The van der Waals surface area contributed by atoms with Crippen molar-refractivity contribution in [3.05, 3.63) is 28.2 Å². The molecule has 1 heterocycles.